The minimum Gasteiger partial charge on any atom is -0.399 e. The summed E-state index contributed by atoms with van der Waals surface area (Å²) in [6, 6.07) is 7.54. The second-order valence-electron chi connectivity index (χ2n) is 4.97. The standard InChI is InChI=1S/C14H21N3O/c1-17-8-3-2-7-13(17)10-16-14(18)11-5-4-6-12(15)9-11/h4-6,9,13H,2-3,7-8,10,15H2,1H3,(H,16,18). The molecule has 0 aliphatic carbocycles. The first-order valence-electron chi connectivity index (χ1n) is 6.51. The predicted octanol–water partition coefficient (Wildman–Crippen LogP) is 1.48. The maximum absolute atomic E-state index is 12.0. The number of piperidine rings is 1. The van der Waals surface area contributed by atoms with E-state index in [4.69, 9.17) is 5.73 Å². The Balaban J connectivity index is 1.88. The molecule has 0 aromatic heterocycles. The summed E-state index contributed by atoms with van der Waals surface area (Å²) in [7, 11) is 2.12. The number of hydrogen-bond acceptors (Lipinski definition) is 3. The van der Waals surface area contributed by atoms with E-state index in [1.807, 2.05) is 0 Å². The van der Waals surface area contributed by atoms with Crippen LogP contribution in [-0.2, 0) is 0 Å². The van der Waals surface area contributed by atoms with Crippen molar-refractivity contribution in [2.75, 3.05) is 25.9 Å². The van der Waals surface area contributed by atoms with Crippen molar-refractivity contribution in [1.82, 2.24) is 10.2 Å². The molecule has 4 heteroatoms. The van der Waals surface area contributed by atoms with Crippen LogP contribution in [0.2, 0.25) is 0 Å². The molecule has 18 heavy (non-hydrogen) atoms. The topological polar surface area (TPSA) is 58.4 Å². The number of benzene rings is 1. The molecule has 1 fully saturated rings. The molecule has 0 spiro atoms. The molecule has 1 unspecified atom stereocenters. The zero-order valence-electron chi connectivity index (χ0n) is 10.9. The van der Waals surface area contributed by atoms with E-state index < -0.39 is 0 Å². The lowest BCUT2D eigenvalue weighted by Crippen LogP contribution is -2.44. The van der Waals surface area contributed by atoms with Gasteiger partial charge in [-0.1, -0.05) is 12.5 Å². The van der Waals surface area contributed by atoms with Gasteiger partial charge >= 0.3 is 0 Å². The quantitative estimate of drug-likeness (QED) is 0.795. The van der Waals surface area contributed by atoms with E-state index in [1.54, 1.807) is 24.3 Å². The third kappa shape index (κ3) is 3.23. The van der Waals surface area contributed by atoms with Crippen LogP contribution in [0, 0.1) is 0 Å². The van der Waals surface area contributed by atoms with Gasteiger partial charge in [0.2, 0.25) is 0 Å². The van der Waals surface area contributed by atoms with Crippen molar-refractivity contribution in [3.8, 4) is 0 Å². The lowest BCUT2D eigenvalue weighted by atomic mass is 10.0. The molecule has 1 aromatic rings. The van der Waals surface area contributed by atoms with Gasteiger partial charge in [0.25, 0.3) is 5.91 Å². The number of likely N-dealkylation sites (tertiary alicyclic amines) is 1. The van der Waals surface area contributed by atoms with Crippen molar-refractivity contribution < 1.29 is 4.79 Å². The Morgan fingerprint density at radius 2 is 2.33 bits per heavy atom. The van der Waals surface area contributed by atoms with Crippen molar-refractivity contribution in [3.63, 3.8) is 0 Å². The van der Waals surface area contributed by atoms with Gasteiger partial charge in [-0.25, -0.2) is 0 Å². The van der Waals surface area contributed by atoms with E-state index in [-0.39, 0.29) is 5.91 Å². The Morgan fingerprint density at radius 1 is 1.50 bits per heavy atom. The molecular formula is C14H21N3O. The number of amides is 1. The molecule has 1 aromatic carbocycles. The number of rotatable bonds is 3. The van der Waals surface area contributed by atoms with Gasteiger partial charge in [0.15, 0.2) is 0 Å². The highest BCUT2D eigenvalue weighted by Gasteiger charge is 2.19. The van der Waals surface area contributed by atoms with Gasteiger partial charge in [-0.3, -0.25) is 4.79 Å². The predicted molar refractivity (Wildman–Crippen MR) is 73.5 cm³/mol. The number of hydrogen-bond donors (Lipinski definition) is 2. The van der Waals surface area contributed by atoms with Gasteiger partial charge < -0.3 is 16.0 Å². The SMILES string of the molecule is CN1CCCCC1CNC(=O)c1cccc(N)c1. The molecule has 1 saturated heterocycles. The normalized spacial score (nSPS) is 20.6. The van der Waals surface area contributed by atoms with Crippen molar-refractivity contribution >= 4 is 11.6 Å². The van der Waals surface area contributed by atoms with Gasteiger partial charge in [-0.15, -0.1) is 0 Å². The summed E-state index contributed by atoms with van der Waals surface area (Å²) < 4.78 is 0. The van der Waals surface area contributed by atoms with Crippen LogP contribution in [0.5, 0.6) is 0 Å². The van der Waals surface area contributed by atoms with Crippen molar-refractivity contribution in [2.45, 2.75) is 25.3 Å². The van der Waals surface area contributed by atoms with Gasteiger partial charge in [-0.2, -0.15) is 0 Å². The van der Waals surface area contributed by atoms with Crippen LogP contribution in [0.1, 0.15) is 29.6 Å². The minimum atomic E-state index is -0.0405. The first-order chi connectivity index (χ1) is 8.66. The largest absolute Gasteiger partial charge is 0.399 e. The van der Waals surface area contributed by atoms with Gasteiger partial charge in [0, 0.05) is 23.8 Å². The van der Waals surface area contributed by atoms with Crippen molar-refractivity contribution in [2.24, 2.45) is 0 Å². The number of nitrogens with zero attached hydrogens (tertiary/aromatic N) is 1. The monoisotopic (exact) mass is 247 g/mol. The molecule has 3 N–H and O–H groups in total. The average Bonchev–Trinajstić information content (AvgIpc) is 2.37. The maximum Gasteiger partial charge on any atom is 0.251 e. The zero-order valence-corrected chi connectivity index (χ0v) is 10.9. The van der Waals surface area contributed by atoms with Crippen molar-refractivity contribution in [3.05, 3.63) is 29.8 Å². The maximum atomic E-state index is 12.0. The number of nitrogens with one attached hydrogen (secondary N) is 1. The summed E-state index contributed by atoms with van der Waals surface area (Å²) in [5.74, 6) is -0.0405. The van der Waals surface area contributed by atoms with Gasteiger partial charge in [0.05, 0.1) is 0 Å². The van der Waals surface area contributed by atoms with Gasteiger partial charge in [-0.05, 0) is 44.6 Å². The van der Waals surface area contributed by atoms with Gasteiger partial charge in [0.1, 0.15) is 0 Å². The van der Waals surface area contributed by atoms with E-state index in [9.17, 15) is 4.79 Å². The van der Waals surface area contributed by atoms with E-state index in [2.05, 4.69) is 17.3 Å². The van der Waals surface area contributed by atoms with Crippen LogP contribution in [0.15, 0.2) is 24.3 Å². The van der Waals surface area contributed by atoms with Crippen molar-refractivity contribution in [1.29, 1.82) is 0 Å². The molecule has 0 bridgehead atoms. The van der Waals surface area contributed by atoms with E-state index in [0.29, 0.717) is 23.8 Å². The van der Waals surface area contributed by atoms with E-state index in [1.165, 1.54) is 12.8 Å². The first kappa shape index (κ1) is 12.9. The molecule has 1 aliphatic rings. The highest BCUT2D eigenvalue weighted by molar-refractivity contribution is 5.94. The summed E-state index contributed by atoms with van der Waals surface area (Å²) in [5, 5.41) is 2.99. The molecule has 1 aliphatic heterocycles. The number of nitrogen functional groups attached to an aromatic ring is 1. The molecule has 1 amide bonds. The van der Waals surface area contributed by atoms with Crippen LogP contribution >= 0.6 is 0 Å². The molecule has 4 nitrogen and oxygen atoms in total. The Morgan fingerprint density at radius 3 is 3.06 bits per heavy atom. The van der Waals surface area contributed by atoms with Crippen LogP contribution in [0.4, 0.5) is 5.69 Å². The molecule has 0 radical (unpaired) electrons. The first-order valence-corrected chi connectivity index (χ1v) is 6.51. The van der Waals surface area contributed by atoms with Crippen LogP contribution in [0.3, 0.4) is 0 Å². The zero-order chi connectivity index (χ0) is 13.0. The third-order valence-electron chi connectivity index (χ3n) is 3.57. The minimum absolute atomic E-state index is 0.0405. The summed E-state index contributed by atoms with van der Waals surface area (Å²) in [6.45, 7) is 1.84. The molecule has 0 saturated carbocycles. The molecular weight excluding hydrogens is 226 g/mol. The van der Waals surface area contributed by atoms with E-state index in [0.717, 1.165) is 13.0 Å². The van der Waals surface area contributed by atoms with Crippen LogP contribution in [0.25, 0.3) is 0 Å². The smallest absolute Gasteiger partial charge is 0.251 e. The number of carbonyl (C=O) groups is 1. The summed E-state index contributed by atoms with van der Waals surface area (Å²) in [6.07, 6.45) is 3.67. The Labute approximate surface area is 108 Å². The number of nitrogens with two attached hydrogens (primary N) is 1. The number of anilines is 1. The Kier molecular flexibility index (Phi) is 4.20. The summed E-state index contributed by atoms with van der Waals surface area (Å²) in [5.41, 5.74) is 6.92. The summed E-state index contributed by atoms with van der Waals surface area (Å²) in [4.78, 5) is 14.3. The number of likely N-dealkylation sites (N-methyl/N-ethyl adjacent to an activating group) is 1. The lowest BCUT2D eigenvalue weighted by molar-refractivity contribution is 0.0928. The lowest BCUT2D eigenvalue weighted by Gasteiger charge is -2.32. The highest BCUT2D eigenvalue weighted by Crippen LogP contribution is 2.14. The fourth-order valence-electron chi connectivity index (χ4n) is 2.39. The third-order valence-corrected chi connectivity index (χ3v) is 3.57. The van der Waals surface area contributed by atoms with Crippen LogP contribution < -0.4 is 11.1 Å². The average molecular weight is 247 g/mol. The summed E-state index contributed by atoms with van der Waals surface area (Å²) >= 11 is 0. The molecule has 2 rings (SSSR count). The molecule has 1 atom stereocenters. The van der Waals surface area contributed by atoms with Crippen LogP contribution in [-0.4, -0.2) is 37.0 Å². The Bertz CT molecular complexity index is 419. The fourth-order valence-corrected chi connectivity index (χ4v) is 2.39. The Hall–Kier alpha value is -1.55. The van der Waals surface area contributed by atoms with E-state index >= 15 is 0 Å². The molecule has 1 heterocycles. The number of carbonyl (C=O) groups excluding carboxylic acids is 1. The highest BCUT2D eigenvalue weighted by atomic mass is 16.1. The molecule has 98 valence electrons. The second kappa shape index (κ2) is 5.87. The fraction of sp³-hybridized carbons (Fsp3) is 0.500. The second-order valence-corrected chi connectivity index (χ2v) is 4.97.